The summed E-state index contributed by atoms with van der Waals surface area (Å²) < 4.78 is 0. The van der Waals surface area contributed by atoms with Crippen LogP contribution in [-0.2, 0) is 6.54 Å². The molecule has 3 N–H and O–H groups in total. The predicted molar refractivity (Wildman–Crippen MR) is 70.2 cm³/mol. The Labute approximate surface area is 101 Å². The minimum Gasteiger partial charge on any atom is -0.340 e. The number of hydrogen-bond acceptors (Lipinski definition) is 3. The van der Waals surface area contributed by atoms with Crippen LogP contribution in [0.25, 0.3) is 0 Å². The van der Waals surface area contributed by atoms with Gasteiger partial charge < -0.3 is 4.90 Å². The number of rotatable bonds is 4. The molecule has 0 amide bonds. The van der Waals surface area contributed by atoms with Gasteiger partial charge in [-0.1, -0.05) is 19.9 Å². The van der Waals surface area contributed by atoms with E-state index in [9.17, 15) is 0 Å². The fourth-order valence-corrected chi connectivity index (χ4v) is 2.01. The van der Waals surface area contributed by atoms with Crippen LogP contribution < -0.4 is 11.3 Å². The second-order valence-corrected chi connectivity index (χ2v) is 5.17. The average molecular weight is 240 g/mol. The number of aliphatic imine (C=N–C) groups is 1. The smallest absolute Gasteiger partial charge is 0.208 e. The zero-order valence-electron chi connectivity index (χ0n) is 10.1. The van der Waals surface area contributed by atoms with Crippen molar-refractivity contribution >= 4 is 17.3 Å². The number of hydrazine groups is 1. The van der Waals surface area contributed by atoms with Crippen molar-refractivity contribution in [2.24, 2.45) is 16.8 Å². The van der Waals surface area contributed by atoms with Gasteiger partial charge in [0.1, 0.15) is 0 Å². The molecule has 0 aliphatic carbocycles. The maximum Gasteiger partial charge on any atom is 0.208 e. The number of nitrogens with zero attached hydrogens (tertiary/aromatic N) is 2. The second kappa shape index (κ2) is 6.50. The maximum atomic E-state index is 5.47. The highest BCUT2D eigenvalue weighted by Crippen LogP contribution is 2.10. The van der Waals surface area contributed by atoms with Crippen molar-refractivity contribution in [2.45, 2.75) is 20.4 Å². The van der Waals surface area contributed by atoms with Crippen LogP contribution in [0.1, 0.15) is 18.7 Å². The highest BCUT2D eigenvalue weighted by Gasteiger charge is 2.06. The first-order valence-electron chi connectivity index (χ1n) is 5.38. The third kappa shape index (κ3) is 4.20. The van der Waals surface area contributed by atoms with Gasteiger partial charge in [0.25, 0.3) is 0 Å². The van der Waals surface area contributed by atoms with E-state index in [2.05, 4.69) is 41.8 Å². The molecule has 0 bridgehead atoms. The lowest BCUT2D eigenvalue weighted by molar-refractivity contribution is 0.478. The highest BCUT2D eigenvalue weighted by molar-refractivity contribution is 7.09. The molecule has 16 heavy (non-hydrogen) atoms. The van der Waals surface area contributed by atoms with E-state index in [1.54, 1.807) is 11.3 Å². The van der Waals surface area contributed by atoms with E-state index in [1.165, 1.54) is 4.88 Å². The number of nitrogens with one attached hydrogen (secondary N) is 1. The van der Waals surface area contributed by atoms with Gasteiger partial charge in [0, 0.05) is 18.5 Å². The van der Waals surface area contributed by atoms with E-state index in [4.69, 9.17) is 5.84 Å². The summed E-state index contributed by atoms with van der Waals surface area (Å²) in [7, 11) is 1.98. The normalized spacial score (nSPS) is 11.9. The molecule has 0 aromatic carbocycles. The van der Waals surface area contributed by atoms with Crippen LogP contribution in [0.5, 0.6) is 0 Å². The summed E-state index contributed by atoms with van der Waals surface area (Å²) >= 11 is 1.74. The zero-order valence-corrected chi connectivity index (χ0v) is 10.9. The Bertz CT molecular complexity index is 319. The van der Waals surface area contributed by atoms with Crippen LogP contribution in [0.15, 0.2) is 22.5 Å². The zero-order chi connectivity index (χ0) is 12.0. The lowest BCUT2D eigenvalue weighted by atomic mass is 10.2. The Morgan fingerprint density at radius 1 is 1.62 bits per heavy atom. The molecule has 1 heterocycles. The number of thiophene rings is 1. The van der Waals surface area contributed by atoms with E-state index < -0.39 is 0 Å². The summed E-state index contributed by atoms with van der Waals surface area (Å²) in [5.74, 6) is 6.75. The van der Waals surface area contributed by atoms with Gasteiger partial charge >= 0.3 is 0 Å². The predicted octanol–water partition coefficient (Wildman–Crippen LogP) is 1.66. The molecule has 90 valence electrons. The topological polar surface area (TPSA) is 53.6 Å². The van der Waals surface area contributed by atoms with Gasteiger partial charge in [-0.05, 0) is 17.4 Å². The van der Waals surface area contributed by atoms with Gasteiger partial charge in [-0.15, -0.1) is 11.3 Å². The van der Waals surface area contributed by atoms with Crippen molar-refractivity contribution < 1.29 is 0 Å². The van der Waals surface area contributed by atoms with E-state index >= 15 is 0 Å². The van der Waals surface area contributed by atoms with Crippen LogP contribution in [-0.4, -0.2) is 24.5 Å². The van der Waals surface area contributed by atoms with Gasteiger partial charge in [-0.3, -0.25) is 10.4 Å². The summed E-state index contributed by atoms with van der Waals surface area (Å²) in [5, 5.41) is 2.07. The van der Waals surface area contributed by atoms with Crippen LogP contribution in [0, 0.1) is 5.92 Å². The number of nitrogens with two attached hydrogens (primary N) is 1. The maximum absolute atomic E-state index is 5.47. The summed E-state index contributed by atoms with van der Waals surface area (Å²) in [6.07, 6.45) is 0. The molecular formula is C11H20N4S. The molecule has 0 unspecified atom stereocenters. The van der Waals surface area contributed by atoms with Crippen LogP contribution in [0.4, 0.5) is 0 Å². The lowest BCUT2D eigenvalue weighted by Crippen LogP contribution is -2.42. The minimum absolute atomic E-state index is 0.540. The third-order valence-corrected chi connectivity index (χ3v) is 2.93. The van der Waals surface area contributed by atoms with Crippen molar-refractivity contribution in [3.05, 3.63) is 22.4 Å². The molecule has 0 atom stereocenters. The summed E-state index contributed by atoms with van der Waals surface area (Å²) in [6.45, 7) is 5.89. The molecule has 0 saturated heterocycles. The monoisotopic (exact) mass is 240 g/mol. The summed E-state index contributed by atoms with van der Waals surface area (Å²) in [6, 6.07) is 4.16. The first-order chi connectivity index (χ1) is 7.63. The highest BCUT2D eigenvalue weighted by atomic mass is 32.1. The van der Waals surface area contributed by atoms with Gasteiger partial charge in [0.2, 0.25) is 5.96 Å². The second-order valence-electron chi connectivity index (χ2n) is 4.14. The van der Waals surface area contributed by atoms with Crippen molar-refractivity contribution in [3.8, 4) is 0 Å². The third-order valence-electron chi connectivity index (χ3n) is 2.07. The van der Waals surface area contributed by atoms with E-state index in [0.29, 0.717) is 5.92 Å². The van der Waals surface area contributed by atoms with Crippen LogP contribution >= 0.6 is 11.3 Å². The Kier molecular flexibility index (Phi) is 5.28. The molecule has 0 spiro atoms. The molecular weight excluding hydrogens is 220 g/mol. The first kappa shape index (κ1) is 13.0. The van der Waals surface area contributed by atoms with E-state index in [-0.39, 0.29) is 0 Å². The van der Waals surface area contributed by atoms with E-state index in [0.717, 1.165) is 19.0 Å². The van der Waals surface area contributed by atoms with Gasteiger partial charge in [0.05, 0.1) is 6.54 Å². The molecule has 0 fully saturated rings. The Morgan fingerprint density at radius 2 is 2.38 bits per heavy atom. The SMILES string of the molecule is CC(C)CN=C(NN)N(C)Cc1cccs1. The van der Waals surface area contributed by atoms with Gasteiger partial charge in [-0.2, -0.15) is 0 Å². The Balaban J connectivity index is 2.55. The van der Waals surface area contributed by atoms with Gasteiger partial charge in [0.15, 0.2) is 0 Å². The fraction of sp³-hybridized carbons (Fsp3) is 0.545. The van der Waals surface area contributed by atoms with Crippen LogP contribution in [0.3, 0.4) is 0 Å². The first-order valence-corrected chi connectivity index (χ1v) is 6.26. The van der Waals surface area contributed by atoms with Crippen molar-refractivity contribution in [3.63, 3.8) is 0 Å². The van der Waals surface area contributed by atoms with E-state index in [1.807, 2.05) is 11.9 Å². The molecule has 1 aromatic rings. The molecule has 0 aliphatic rings. The van der Waals surface area contributed by atoms with Crippen molar-refractivity contribution in [2.75, 3.05) is 13.6 Å². The van der Waals surface area contributed by atoms with Crippen molar-refractivity contribution in [1.29, 1.82) is 0 Å². The standard InChI is InChI=1S/C11H20N4S/c1-9(2)7-13-11(14-12)15(3)8-10-5-4-6-16-10/h4-6,9H,7-8,12H2,1-3H3,(H,13,14). The quantitative estimate of drug-likeness (QED) is 0.364. The molecule has 0 radical (unpaired) electrons. The largest absolute Gasteiger partial charge is 0.340 e. The summed E-state index contributed by atoms with van der Waals surface area (Å²) in [5.41, 5.74) is 2.65. The molecule has 1 rings (SSSR count). The molecule has 0 aliphatic heterocycles. The average Bonchev–Trinajstić information content (AvgIpc) is 2.71. The molecule has 5 heteroatoms. The molecule has 1 aromatic heterocycles. The molecule has 0 saturated carbocycles. The van der Waals surface area contributed by atoms with Crippen LogP contribution in [0.2, 0.25) is 0 Å². The molecule has 4 nitrogen and oxygen atoms in total. The van der Waals surface area contributed by atoms with Crippen molar-refractivity contribution in [1.82, 2.24) is 10.3 Å². The van der Waals surface area contributed by atoms with Gasteiger partial charge in [-0.25, -0.2) is 5.84 Å². The lowest BCUT2D eigenvalue weighted by Gasteiger charge is -2.20. The number of hydrogen-bond donors (Lipinski definition) is 2. The minimum atomic E-state index is 0.540. The Hall–Kier alpha value is -1.07. The Morgan fingerprint density at radius 3 is 2.88 bits per heavy atom. The number of guanidine groups is 1. The summed E-state index contributed by atoms with van der Waals surface area (Å²) in [4.78, 5) is 7.76. The fourth-order valence-electron chi connectivity index (χ4n) is 1.26.